The summed E-state index contributed by atoms with van der Waals surface area (Å²) in [4.78, 5) is 29.2. The van der Waals surface area contributed by atoms with Gasteiger partial charge in [0.05, 0.1) is 12.2 Å². The van der Waals surface area contributed by atoms with Crippen molar-refractivity contribution in [2.45, 2.75) is 45.7 Å². The van der Waals surface area contributed by atoms with Crippen molar-refractivity contribution in [3.8, 4) is 0 Å². The molecule has 0 aliphatic carbocycles. The van der Waals surface area contributed by atoms with Crippen LogP contribution in [0.2, 0.25) is 0 Å². The van der Waals surface area contributed by atoms with Crippen molar-refractivity contribution in [3.05, 3.63) is 29.6 Å². The Morgan fingerprint density at radius 3 is 2.62 bits per heavy atom. The molecule has 1 aromatic rings. The van der Waals surface area contributed by atoms with Gasteiger partial charge in [-0.05, 0) is 32.4 Å². The van der Waals surface area contributed by atoms with E-state index in [-0.39, 0.29) is 0 Å². The van der Waals surface area contributed by atoms with Gasteiger partial charge in [0.15, 0.2) is 0 Å². The van der Waals surface area contributed by atoms with Crippen LogP contribution >= 0.6 is 0 Å². The summed E-state index contributed by atoms with van der Waals surface area (Å²) in [7, 11) is 1.62. The van der Waals surface area contributed by atoms with Gasteiger partial charge in [-0.2, -0.15) is 0 Å². The second-order valence-electron chi connectivity index (χ2n) is 5.44. The van der Waals surface area contributed by atoms with Crippen LogP contribution in [-0.2, 0) is 11.3 Å². The average Bonchev–Trinajstić information content (AvgIpc) is 2.38. The van der Waals surface area contributed by atoms with Gasteiger partial charge in [0.1, 0.15) is 5.54 Å². The van der Waals surface area contributed by atoms with E-state index in [1.165, 1.54) is 11.8 Å². The van der Waals surface area contributed by atoms with Crippen molar-refractivity contribution in [2.75, 3.05) is 7.05 Å². The summed E-state index contributed by atoms with van der Waals surface area (Å²) in [6, 6.07) is 5.17. The highest BCUT2D eigenvalue weighted by Gasteiger charge is 2.34. The molecule has 0 aromatic carbocycles. The van der Waals surface area contributed by atoms with Crippen LogP contribution in [-0.4, -0.2) is 39.6 Å². The number of carbonyl (C=O) groups excluding carboxylic acids is 1. The number of hydrogen-bond acceptors (Lipinski definition) is 3. The van der Waals surface area contributed by atoms with Gasteiger partial charge in [-0.3, -0.25) is 4.98 Å². The molecule has 2 amide bonds. The number of nitrogens with one attached hydrogen (secondary N) is 1. The smallest absolute Gasteiger partial charge is 0.329 e. The molecule has 0 spiro atoms. The molecule has 1 heterocycles. The second kappa shape index (κ2) is 7.06. The van der Waals surface area contributed by atoms with Crippen LogP contribution in [0, 0.1) is 6.92 Å². The summed E-state index contributed by atoms with van der Waals surface area (Å²) in [5.74, 6) is -1.03. The molecule has 0 aliphatic heterocycles. The van der Waals surface area contributed by atoms with Crippen LogP contribution in [0.25, 0.3) is 0 Å². The van der Waals surface area contributed by atoms with Crippen LogP contribution in [0.15, 0.2) is 18.2 Å². The highest BCUT2D eigenvalue weighted by atomic mass is 16.4. The zero-order valence-electron chi connectivity index (χ0n) is 13.0. The van der Waals surface area contributed by atoms with Crippen LogP contribution in [0.3, 0.4) is 0 Å². The molecule has 1 aromatic heterocycles. The third-order valence-corrected chi connectivity index (χ3v) is 3.30. The molecule has 1 rings (SSSR count). The predicted octanol–water partition coefficient (Wildman–Crippen LogP) is 2.17. The van der Waals surface area contributed by atoms with Gasteiger partial charge < -0.3 is 15.3 Å². The molecule has 116 valence electrons. The molecule has 6 heteroatoms. The van der Waals surface area contributed by atoms with E-state index in [0.717, 1.165) is 11.4 Å². The monoisotopic (exact) mass is 293 g/mol. The number of pyridine rings is 1. The Morgan fingerprint density at radius 1 is 1.43 bits per heavy atom. The number of carboxylic acid groups (broad SMARTS) is 1. The lowest BCUT2D eigenvalue weighted by Crippen LogP contribution is -2.55. The minimum absolute atomic E-state index is 0.329. The number of hydrogen-bond donors (Lipinski definition) is 2. The molecule has 0 aliphatic rings. The second-order valence-corrected chi connectivity index (χ2v) is 5.44. The highest BCUT2D eigenvalue weighted by molar-refractivity contribution is 5.85. The average molecular weight is 293 g/mol. The quantitative estimate of drug-likeness (QED) is 0.842. The van der Waals surface area contributed by atoms with Crippen LogP contribution < -0.4 is 5.32 Å². The first-order valence-electron chi connectivity index (χ1n) is 6.97. The largest absolute Gasteiger partial charge is 0.480 e. The zero-order chi connectivity index (χ0) is 16.0. The molecule has 0 saturated heterocycles. The fourth-order valence-corrected chi connectivity index (χ4v) is 2.06. The molecular formula is C15H23N3O3. The summed E-state index contributed by atoms with van der Waals surface area (Å²) < 4.78 is 0. The number of aromatic nitrogens is 1. The Morgan fingerprint density at radius 2 is 2.10 bits per heavy atom. The maximum atomic E-state index is 12.2. The summed E-state index contributed by atoms with van der Waals surface area (Å²) in [6.07, 6.45) is 1.05. The first kappa shape index (κ1) is 16.9. The lowest BCUT2D eigenvalue weighted by molar-refractivity contribution is -0.144. The third kappa shape index (κ3) is 4.73. The number of aliphatic carboxylic acids is 1. The highest BCUT2D eigenvalue weighted by Crippen LogP contribution is 2.13. The van der Waals surface area contributed by atoms with Gasteiger partial charge >= 0.3 is 12.0 Å². The van der Waals surface area contributed by atoms with Crippen molar-refractivity contribution in [2.24, 2.45) is 0 Å². The predicted molar refractivity (Wildman–Crippen MR) is 79.9 cm³/mol. The van der Waals surface area contributed by atoms with E-state index in [1.54, 1.807) is 7.05 Å². The normalized spacial score (nSPS) is 13.3. The molecule has 1 atom stereocenters. The molecule has 0 bridgehead atoms. The number of carboxylic acids is 1. The molecule has 0 fully saturated rings. The lowest BCUT2D eigenvalue weighted by atomic mass is 9.96. The minimum Gasteiger partial charge on any atom is -0.480 e. The van der Waals surface area contributed by atoms with Gasteiger partial charge in [-0.1, -0.05) is 19.4 Å². The van der Waals surface area contributed by atoms with E-state index in [0.29, 0.717) is 19.4 Å². The van der Waals surface area contributed by atoms with Crippen molar-refractivity contribution in [1.82, 2.24) is 15.2 Å². The van der Waals surface area contributed by atoms with Crippen LogP contribution in [0.1, 0.15) is 38.1 Å². The number of urea groups is 1. The molecule has 0 saturated carbocycles. The van der Waals surface area contributed by atoms with Gasteiger partial charge in [0.25, 0.3) is 0 Å². The molecule has 2 N–H and O–H groups in total. The van der Waals surface area contributed by atoms with E-state index in [9.17, 15) is 14.7 Å². The number of rotatable bonds is 6. The Bertz CT molecular complexity index is 519. The Balaban J connectivity index is 2.72. The van der Waals surface area contributed by atoms with Crippen molar-refractivity contribution in [3.63, 3.8) is 0 Å². The number of aryl methyl sites for hydroxylation is 1. The summed E-state index contributed by atoms with van der Waals surface area (Å²) in [5.41, 5.74) is 0.392. The van der Waals surface area contributed by atoms with E-state index in [1.807, 2.05) is 32.0 Å². The zero-order valence-corrected chi connectivity index (χ0v) is 13.0. The fourth-order valence-electron chi connectivity index (χ4n) is 2.06. The summed E-state index contributed by atoms with van der Waals surface area (Å²) >= 11 is 0. The molecule has 0 radical (unpaired) electrons. The van der Waals surface area contributed by atoms with Crippen LogP contribution in [0.4, 0.5) is 4.79 Å². The molecule has 6 nitrogen and oxygen atoms in total. The first-order valence-corrected chi connectivity index (χ1v) is 6.97. The Kier molecular flexibility index (Phi) is 5.69. The fraction of sp³-hybridized carbons (Fsp3) is 0.533. The molecular weight excluding hydrogens is 270 g/mol. The van der Waals surface area contributed by atoms with Gasteiger partial charge in [0.2, 0.25) is 0 Å². The first-order chi connectivity index (χ1) is 9.78. The van der Waals surface area contributed by atoms with E-state index in [4.69, 9.17) is 0 Å². The van der Waals surface area contributed by atoms with E-state index in [2.05, 4.69) is 10.3 Å². The Labute approximate surface area is 125 Å². The number of nitrogens with zero attached hydrogens (tertiary/aromatic N) is 2. The van der Waals surface area contributed by atoms with E-state index >= 15 is 0 Å². The summed E-state index contributed by atoms with van der Waals surface area (Å²) in [5, 5.41) is 11.9. The van der Waals surface area contributed by atoms with Gasteiger partial charge in [-0.25, -0.2) is 9.59 Å². The van der Waals surface area contributed by atoms with Gasteiger partial charge in [0, 0.05) is 12.7 Å². The van der Waals surface area contributed by atoms with Crippen molar-refractivity contribution in [1.29, 1.82) is 0 Å². The topological polar surface area (TPSA) is 82.5 Å². The number of carbonyl (C=O) groups is 2. The van der Waals surface area contributed by atoms with Gasteiger partial charge in [-0.15, -0.1) is 0 Å². The molecule has 21 heavy (non-hydrogen) atoms. The number of amides is 2. The maximum absolute atomic E-state index is 12.2. The van der Waals surface area contributed by atoms with Crippen molar-refractivity contribution >= 4 is 12.0 Å². The lowest BCUT2D eigenvalue weighted by Gasteiger charge is -2.28. The Hall–Kier alpha value is -2.11. The van der Waals surface area contributed by atoms with Crippen molar-refractivity contribution < 1.29 is 14.7 Å². The summed E-state index contributed by atoms with van der Waals surface area (Å²) in [6.45, 7) is 5.62. The maximum Gasteiger partial charge on any atom is 0.329 e. The molecule has 1 unspecified atom stereocenters. The minimum atomic E-state index is -1.25. The van der Waals surface area contributed by atoms with Crippen LogP contribution in [0.5, 0.6) is 0 Å². The standard InChI is InChI=1S/C15H23N3O3/c1-5-9-15(3,13(19)20)17-14(21)18(4)10-12-8-6-7-11(2)16-12/h6-8H,5,9-10H2,1-4H3,(H,17,21)(H,19,20). The third-order valence-electron chi connectivity index (χ3n) is 3.30. The van der Waals surface area contributed by atoms with E-state index < -0.39 is 17.5 Å². The SMILES string of the molecule is CCCC(C)(NC(=O)N(C)Cc1cccc(C)n1)C(=O)O.